The second-order valence-corrected chi connectivity index (χ2v) is 6.27. The molecule has 2 rings (SSSR count). The van der Waals surface area contributed by atoms with Crippen LogP contribution in [0.1, 0.15) is 43.9 Å². The summed E-state index contributed by atoms with van der Waals surface area (Å²) in [5.41, 5.74) is 2.74. The molecule has 1 aromatic rings. The lowest BCUT2D eigenvalue weighted by molar-refractivity contribution is 0.282. The summed E-state index contributed by atoms with van der Waals surface area (Å²) < 4.78 is 5.95. The molecule has 106 valence electrons. The van der Waals surface area contributed by atoms with E-state index in [9.17, 15) is 0 Å². The Morgan fingerprint density at radius 2 is 2.26 bits per heavy atom. The fourth-order valence-electron chi connectivity index (χ4n) is 2.50. The molecule has 1 atom stereocenters. The van der Waals surface area contributed by atoms with Crippen LogP contribution in [0.2, 0.25) is 0 Å². The van der Waals surface area contributed by atoms with Gasteiger partial charge in [0.25, 0.3) is 0 Å². The molecule has 0 spiro atoms. The van der Waals surface area contributed by atoms with Gasteiger partial charge < -0.3 is 10.1 Å². The van der Waals surface area contributed by atoms with Crippen molar-refractivity contribution in [3.8, 4) is 5.75 Å². The molecule has 1 aromatic carbocycles. The van der Waals surface area contributed by atoms with Gasteiger partial charge in [-0.3, -0.25) is 0 Å². The van der Waals surface area contributed by atoms with Crippen LogP contribution >= 0.6 is 11.8 Å². The van der Waals surface area contributed by atoms with Gasteiger partial charge in [-0.25, -0.2) is 0 Å². The number of hydrogen-bond donors (Lipinski definition) is 1. The zero-order chi connectivity index (χ0) is 13.5. The van der Waals surface area contributed by atoms with E-state index in [1.807, 2.05) is 11.8 Å². The number of fused-ring (bicyclic) bond motifs is 1. The normalized spacial score (nSPS) is 15.7. The van der Waals surface area contributed by atoms with Gasteiger partial charge in [-0.2, -0.15) is 11.8 Å². The van der Waals surface area contributed by atoms with Crippen LogP contribution in [-0.2, 0) is 6.42 Å². The van der Waals surface area contributed by atoms with Crippen molar-refractivity contribution in [3.63, 3.8) is 0 Å². The van der Waals surface area contributed by atoms with Crippen molar-refractivity contribution in [2.75, 3.05) is 24.7 Å². The highest BCUT2D eigenvalue weighted by Crippen LogP contribution is 2.34. The Balaban J connectivity index is 2.19. The predicted octanol–water partition coefficient (Wildman–Crippen LogP) is 3.81. The van der Waals surface area contributed by atoms with E-state index in [1.165, 1.54) is 23.3 Å². The number of para-hydroxylation sites is 1. The molecule has 19 heavy (non-hydrogen) atoms. The number of benzene rings is 1. The topological polar surface area (TPSA) is 21.3 Å². The van der Waals surface area contributed by atoms with E-state index < -0.39 is 0 Å². The van der Waals surface area contributed by atoms with Gasteiger partial charge >= 0.3 is 0 Å². The molecule has 1 unspecified atom stereocenters. The fraction of sp³-hybridized carbons (Fsp3) is 0.625. The third-order valence-electron chi connectivity index (χ3n) is 3.47. The van der Waals surface area contributed by atoms with Crippen LogP contribution in [-0.4, -0.2) is 24.7 Å². The van der Waals surface area contributed by atoms with Crippen LogP contribution < -0.4 is 10.1 Å². The zero-order valence-corrected chi connectivity index (χ0v) is 12.9. The van der Waals surface area contributed by atoms with Crippen molar-refractivity contribution >= 4 is 11.8 Å². The SMILES string of the molecule is CCCNC(CSCC)c1cccc2c1OCCC2. The van der Waals surface area contributed by atoms with Gasteiger partial charge in [0.15, 0.2) is 0 Å². The number of thioether (sulfide) groups is 1. The average Bonchev–Trinajstić information content (AvgIpc) is 2.47. The van der Waals surface area contributed by atoms with Crippen molar-refractivity contribution < 1.29 is 4.74 Å². The van der Waals surface area contributed by atoms with E-state index in [1.54, 1.807) is 0 Å². The molecule has 0 fully saturated rings. The summed E-state index contributed by atoms with van der Waals surface area (Å²) in [4.78, 5) is 0. The monoisotopic (exact) mass is 279 g/mol. The van der Waals surface area contributed by atoms with Crippen LogP contribution in [0, 0.1) is 0 Å². The van der Waals surface area contributed by atoms with Gasteiger partial charge in [-0.1, -0.05) is 32.0 Å². The Kier molecular flexibility index (Phi) is 6.05. The Labute approximate surface area is 121 Å². The summed E-state index contributed by atoms with van der Waals surface area (Å²) in [6.07, 6.45) is 3.47. The molecule has 2 nitrogen and oxygen atoms in total. The van der Waals surface area contributed by atoms with Gasteiger partial charge in [0.2, 0.25) is 0 Å². The van der Waals surface area contributed by atoms with E-state index in [-0.39, 0.29) is 0 Å². The Morgan fingerprint density at radius 1 is 1.37 bits per heavy atom. The summed E-state index contributed by atoms with van der Waals surface area (Å²) >= 11 is 1.99. The Hall–Kier alpha value is -0.670. The van der Waals surface area contributed by atoms with Gasteiger partial charge in [-0.15, -0.1) is 0 Å². The van der Waals surface area contributed by atoms with E-state index in [2.05, 4.69) is 37.4 Å². The van der Waals surface area contributed by atoms with E-state index >= 15 is 0 Å². The zero-order valence-electron chi connectivity index (χ0n) is 12.1. The highest BCUT2D eigenvalue weighted by Gasteiger charge is 2.20. The summed E-state index contributed by atoms with van der Waals surface area (Å²) in [5.74, 6) is 3.44. The molecule has 0 saturated carbocycles. The van der Waals surface area contributed by atoms with Crippen molar-refractivity contribution in [1.29, 1.82) is 0 Å². The minimum absolute atomic E-state index is 0.415. The van der Waals surface area contributed by atoms with Crippen molar-refractivity contribution in [3.05, 3.63) is 29.3 Å². The molecular formula is C16H25NOS. The Morgan fingerprint density at radius 3 is 3.05 bits per heavy atom. The first-order valence-electron chi connectivity index (χ1n) is 7.42. The second-order valence-electron chi connectivity index (χ2n) is 4.95. The van der Waals surface area contributed by atoms with Crippen LogP contribution in [0.3, 0.4) is 0 Å². The van der Waals surface area contributed by atoms with E-state index in [0.29, 0.717) is 6.04 Å². The first kappa shape index (κ1) is 14.7. The first-order chi connectivity index (χ1) is 9.36. The molecule has 1 heterocycles. The number of hydrogen-bond acceptors (Lipinski definition) is 3. The molecule has 0 radical (unpaired) electrons. The molecule has 0 aromatic heterocycles. The second kappa shape index (κ2) is 7.81. The van der Waals surface area contributed by atoms with Crippen LogP contribution in [0.4, 0.5) is 0 Å². The molecule has 1 aliphatic heterocycles. The van der Waals surface area contributed by atoms with Gasteiger partial charge in [-0.05, 0) is 37.1 Å². The highest BCUT2D eigenvalue weighted by molar-refractivity contribution is 7.99. The largest absolute Gasteiger partial charge is 0.493 e. The lowest BCUT2D eigenvalue weighted by atomic mass is 9.98. The number of aryl methyl sites for hydroxylation is 1. The van der Waals surface area contributed by atoms with Crippen LogP contribution in [0.15, 0.2) is 18.2 Å². The summed E-state index contributed by atoms with van der Waals surface area (Å²) in [6.45, 7) is 6.37. The molecule has 1 aliphatic rings. The van der Waals surface area contributed by atoms with Crippen LogP contribution in [0.5, 0.6) is 5.75 Å². The summed E-state index contributed by atoms with van der Waals surface area (Å²) in [6, 6.07) is 7.04. The maximum Gasteiger partial charge on any atom is 0.127 e. The Bertz CT molecular complexity index is 386. The smallest absolute Gasteiger partial charge is 0.127 e. The lowest BCUT2D eigenvalue weighted by Crippen LogP contribution is -2.25. The molecule has 0 saturated heterocycles. The van der Waals surface area contributed by atoms with E-state index in [4.69, 9.17) is 4.74 Å². The number of rotatable bonds is 7. The van der Waals surface area contributed by atoms with Crippen molar-refractivity contribution in [2.45, 2.75) is 39.2 Å². The molecule has 0 aliphatic carbocycles. The molecule has 0 bridgehead atoms. The highest BCUT2D eigenvalue weighted by atomic mass is 32.2. The minimum atomic E-state index is 0.415. The van der Waals surface area contributed by atoms with Crippen molar-refractivity contribution in [1.82, 2.24) is 5.32 Å². The standard InChI is InChI=1S/C16H25NOS/c1-3-10-17-15(12-19-4-2)14-9-5-7-13-8-6-11-18-16(13)14/h5,7,9,15,17H,3-4,6,8,10-12H2,1-2H3. The number of nitrogens with one attached hydrogen (secondary N) is 1. The summed E-state index contributed by atoms with van der Waals surface area (Å²) in [7, 11) is 0. The van der Waals surface area contributed by atoms with Gasteiger partial charge in [0, 0.05) is 17.4 Å². The predicted molar refractivity (Wildman–Crippen MR) is 84.3 cm³/mol. The lowest BCUT2D eigenvalue weighted by Gasteiger charge is -2.25. The van der Waals surface area contributed by atoms with Gasteiger partial charge in [0.1, 0.15) is 5.75 Å². The summed E-state index contributed by atoms with van der Waals surface area (Å²) in [5, 5.41) is 3.67. The third kappa shape index (κ3) is 3.90. The van der Waals surface area contributed by atoms with Crippen molar-refractivity contribution in [2.24, 2.45) is 0 Å². The molecule has 3 heteroatoms. The third-order valence-corrected chi connectivity index (χ3v) is 4.45. The maximum absolute atomic E-state index is 5.95. The van der Waals surface area contributed by atoms with Gasteiger partial charge in [0.05, 0.1) is 6.61 Å². The maximum atomic E-state index is 5.95. The van der Waals surface area contributed by atoms with Crippen LogP contribution in [0.25, 0.3) is 0 Å². The average molecular weight is 279 g/mol. The quantitative estimate of drug-likeness (QED) is 0.820. The first-order valence-corrected chi connectivity index (χ1v) is 8.58. The molecular weight excluding hydrogens is 254 g/mol. The molecule has 1 N–H and O–H groups in total. The molecule has 0 amide bonds. The number of ether oxygens (including phenoxy) is 1. The van der Waals surface area contributed by atoms with E-state index in [0.717, 1.165) is 37.5 Å². The minimum Gasteiger partial charge on any atom is -0.493 e. The fourth-order valence-corrected chi connectivity index (χ4v) is 3.27.